The molecular weight excluding hydrogens is 515 g/mol. The summed E-state index contributed by atoms with van der Waals surface area (Å²) in [5, 5.41) is 11.0. The van der Waals surface area contributed by atoms with Gasteiger partial charge in [0, 0.05) is 52.6 Å². The van der Waals surface area contributed by atoms with E-state index in [1.807, 2.05) is 88.6 Å². The second-order valence-electron chi connectivity index (χ2n) is 10.4. The molecular formula is C34H25FN4O2. The molecule has 0 radical (unpaired) electrons. The van der Waals surface area contributed by atoms with Crippen molar-refractivity contribution in [2.75, 3.05) is 9.80 Å². The summed E-state index contributed by atoms with van der Waals surface area (Å²) in [5.74, 6) is -0.482. The van der Waals surface area contributed by atoms with Crippen LogP contribution in [0.25, 0.3) is 5.82 Å². The number of hydrogen-bond donors (Lipinski definition) is 0. The van der Waals surface area contributed by atoms with Gasteiger partial charge in [0.25, 0.3) is 0 Å². The highest BCUT2D eigenvalue weighted by Crippen LogP contribution is 2.58. The van der Waals surface area contributed by atoms with E-state index in [9.17, 15) is 19.2 Å². The third-order valence-electron chi connectivity index (χ3n) is 8.27. The summed E-state index contributed by atoms with van der Waals surface area (Å²) in [6.45, 7) is -0.0268. The molecule has 1 amide bonds. The van der Waals surface area contributed by atoms with E-state index in [0.717, 1.165) is 5.69 Å². The van der Waals surface area contributed by atoms with Crippen molar-refractivity contribution in [1.29, 1.82) is 5.26 Å². The lowest BCUT2D eigenvalue weighted by atomic mass is 9.63. The van der Waals surface area contributed by atoms with Gasteiger partial charge in [0.15, 0.2) is 5.78 Å². The molecule has 41 heavy (non-hydrogen) atoms. The number of carbonyl (C=O) groups is 2. The molecule has 2 aliphatic heterocycles. The lowest BCUT2D eigenvalue weighted by Crippen LogP contribution is -2.51. The Hall–Kier alpha value is -5.22. The van der Waals surface area contributed by atoms with E-state index in [2.05, 4.69) is 6.07 Å². The number of fused-ring (bicyclic) bond motifs is 3. The first-order valence-corrected chi connectivity index (χ1v) is 13.6. The van der Waals surface area contributed by atoms with E-state index >= 15 is 0 Å². The van der Waals surface area contributed by atoms with Crippen LogP contribution < -0.4 is 9.80 Å². The maximum atomic E-state index is 15.0. The molecule has 3 heterocycles. The Balaban J connectivity index is 1.57. The minimum absolute atomic E-state index is 0.0268. The van der Waals surface area contributed by atoms with Gasteiger partial charge in [0.2, 0.25) is 5.91 Å². The van der Waals surface area contributed by atoms with Gasteiger partial charge in [-0.05, 0) is 49.2 Å². The highest BCUT2D eigenvalue weighted by molar-refractivity contribution is 6.22. The van der Waals surface area contributed by atoms with Crippen molar-refractivity contribution in [2.45, 2.75) is 31.2 Å². The maximum absolute atomic E-state index is 15.0. The topological polar surface area (TPSA) is 69.3 Å². The summed E-state index contributed by atoms with van der Waals surface area (Å²) in [4.78, 5) is 32.5. The lowest BCUT2D eigenvalue weighted by Gasteiger charge is -2.45. The van der Waals surface area contributed by atoms with Gasteiger partial charge in [-0.1, -0.05) is 54.6 Å². The number of anilines is 2. The van der Waals surface area contributed by atoms with Crippen molar-refractivity contribution < 1.29 is 14.0 Å². The number of Topliss-reactive ketones (excluding diaryl/α,β-unsaturated/α-hetero) is 1. The predicted octanol–water partition coefficient (Wildman–Crippen LogP) is 6.33. The zero-order valence-electron chi connectivity index (χ0n) is 22.1. The van der Waals surface area contributed by atoms with Crippen molar-refractivity contribution in [1.82, 2.24) is 4.57 Å². The van der Waals surface area contributed by atoms with E-state index < -0.39 is 17.1 Å². The third kappa shape index (κ3) is 3.47. The van der Waals surface area contributed by atoms with Crippen molar-refractivity contribution in [2.24, 2.45) is 0 Å². The van der Waals surface area contributed by atoms with Gasteiger partial charge >= 0.3 is 0 Å². The number of nitrogens with zero attached hydrogens (tertiary/aromatic N) is 4. The van der Waals surface area contributed by atoms with Gasteiger partial charge in [-0.25, -0.2) is 4.39 Å². The van der Waals surface area contributed by atoms with Gasteiger partial charge < -0.3 is 9.47 Å². The average Bonchev–Trinajstić information content (AvgIpc) is 3.61. The van der Waals surface area contributed by atoms with Gasteiger partial charge in [-0.3, -0.25) is 14.5 Å². The number of amides is 1. The fraction of sp³-hybridized carbons (Fsp3) is 0.147. The van der Waals surface area contributed by atoms with Crippen LogP contribution in [-0.4, -0.2) is 16.3 Å². The monoisotopic (exact) mass is 540 g/mol. The highest BCUT2D eigenvalue weighted by Gasteiger charge is 2.62. The second kappa shape index (κ2) is 9.46. The molecule has 0 saturated heterocycles. The van der Waals surface area contributed by atoms with E-state index in [1.165, 1.54) is 11.0 Å². The van der Waals surface area contributed by atoms with Crippen molar-refractivity contribution in [3.05, 3.63) is 137 Å². The van der Waals surface area contributed by atoms with Crippen LogP contribution in [0.15, 0.2) is 120 Å². The van der Waals surface area contributed by atoms with Crippen LogP contribution in [-0.2, 0) is 21.5 Å². The number of hydrogen-bond acceptors (Lipinski definition) is 4. The molecule has 200 valence electrons. The van der Waals surface area contributed by atoms with Crippen LogP contribution in [0.2, 0.25) is 0 Å². The number of ketones is 1. The summed E-state index contributed by atoms with van der Waals surface area (Å²) >= 11 is 0. The summed E-state index contributed by atoms with van der Waals surface area (Å²) in [6.07, 6.45) is 5.16. The van der Waals surface area contributed by atoms with Crippen LogP contribution in [0.3, 0.4) is 0 Å². The Labute approximate surface area is 236 Å². The molecule has 0 saturated carbocycles. The van der Waals surface area contributed by atoms with Crippen molar-refractivity contribution >= 4 is 28.9 Å². The normalized spacial score (nSPS) is 20.0. The predicted molar refractivity (Wildman–Crippen MR) is 154 cm³/mol. The number of nitriles is 1. The summed E-state index contributed by atoms with van der Waals surface area (Å²) in [5.41, 5.74) is 1.85. The van der Waals surface area contributed by atoms with Crippen LogP contribution in [0.1, 0.15) is 30.4 Å². The molecule has 0 fully saturated rings. The summed E-state index contributed by atoms with van der Waals surface area (Å²) < 4.78 is 16.7. The number of rotatable bonds is 4. The van der Waals surface area contributed by atoms with Gasteiger partial charge in [0.05, 0.1) is 12.1 Å². The molecule has 1 atom stereocenters. The minimum atomic E-state index is -1.66. The molecule has 6 nitrogen and oxygen atoms in total. The smallest absolute Gasteiger partial charge is 0.248 e. The molecule has 3 aliphatic rings. The molecule has 1 spiro atoms. The van der Waals surface area contributed by atoms with Gasteiger partial charge in [-0.15, -0.1) is 0 Å². The van der Waals surface area contributed by atoms with Crippen LogP contribution in [0.4, 0.5) is 15.8 Å². The first-order valence-electron chi connectivity index (χ1n) is 13.6. The largest absolute Gasteiger partial charge is 0.309 e. The van der Waals surface area contributed by atoms with Crippen LogP contribution >= 0.6 is 0 Å². The number of benzene rings is 3. The SMILES string of the molecule is N#CC1=C(n2cccc2)N(c2ccccc2)C2=C(C(=O)CCC2)[C@]12C(=O)N(Cc1ccccc1F)c1ccccc12. The zero-order chi connectivity index (χ0) is 28.1. The van der Waals surface area contributed by atoms with Crippen molar-refractivity contribution in [3.63, 3.8) is 0 Å². The quantitative estimate of drug-likeness (QED) is 0.303. The molecule has 7 heteroatoms. The first kappa shape index (κ1) is 24.8. The standard InChI is InChI=1S/C34H25FN4O2/c35-27-15-6-4-11-23(27)22-38-28-16-7-5-14-25(28)34(33(38)41)26(21-36)32(37-19-8-9-20-37)39(24-12-2-1-3-13-24)29-17-10-18-30(40)31(29)34/h1-9,11-16,19-20H,10,17-18,22H2/t34-/m1/s1. The number of allylic oxidation sites excluding steroid dienone is 1. The van der Waals surface area contributed by atoms with E-state index in [-0.39, 0.29) is 24.3 Å². The maximum Gasteiger partial charge on any atom is 0.248 e. The molecule has 1 aromatic heterocycles. The highest BCUT2D eigenvalue weighted by atomic mass is 19.1. The molecule has 7 rings (SSSR count). The van der Waals surface area contributed by atoms with Gasteiger partial charge in [-0.2, -0.15) is 5.26 Å². The molecule has 0 unspecified atom stereocenters. The average molecular weight is 541 g/mol. The Morgan fingerprint density at radius 3 is 2.32 bits per heavy atom. The van der Waals surface area contributed by atoms with Gasteiger partial charge in [0.1, 0.15) is 23.1 Å². The molecule has 0 N–H and O–H groups in total. The Kier molecular flexibility index (Phi) is 5.72. The summed E-state index contributed by atoms with van der Waals surface area (Å²) in [7, 11) is 0. The molecule has 0 bridgehead atoms. The second-order valence-corrected chi connectivity index (χ2v) is 10.4. The Bertz CT molecular complexity index is 1820. The van der Waals surface area contributed by atoms with Crippen LogP contribution in [0, 0.1) is 17.1 Å². The number of para-hydroxylation sites is 2. The minimum Gasteiger partial charge on any atom is -0.309 e. The first-order chi connectivity index (χ1) is 20.1. The van der Waals surface area contributed by atoms with E-state index in [4.69, 9.17) is 0 Å². The van der Waals surface area contributed by atoms with E-state index in [0.29, 0.717) is 46.7 Å². The number of aromatic nitrogens is 1. The zero-order valence-corrected chi connectivity index (χ0v) is 22.1. The molecule has 1 aliphatic carbocycles. The number of halogens is 1. The number of carbonyl (C=O) groups excluding carboxylic acids is 2. The Morgan fingerprint density at radius 1 is 0.854 bits per heavy atom. The third-order valence-corrected chi connectivity index (χ3v) is 8.27. The van der Waals surface area contributed by atoms with Crippen LogP contribution in [0.5, 0.6) is 0 Å². The Morgan fingerprint density at radius 2 is 1.56 bits per heavy atom. The van der Waals surface area contributed by atoms with Crippen molar-refractivity contribution in [3.8, 4) is 6.07 Å². The summed E-state index contributed by atoms with van der Waals surface area (Å²) in [6, 6.07) is 29.4. The fourth-order valence-electron chi connectivity index (χ4n) is 6.61. The molecule has 3 aromatic carbocycles. The van der Waals surface area contributed by atoms with E-state index in [1.54, 1.807) is 18.2 Å². The fourth-order valence-corrected chi connectivity index (χ4v) is 6.61. The molecule has 4 aromatic rings. The lowest BCUT2D eigenvalue weighted by molar-refractivity contribution is -0.124.